The Hall–Kier alpha value is -1.10. The summed E-state index contributed by atoms with van der Waals surface area (Å²) in [5.41, 5.74) is 0. The normalized spacial score (nSPS) is 32.3. The average Bonchev–Trinajstić information content (AvgIpc) is 2.44. The van der Waals surface area contributed by atoms with Gasteiger partial charge in [-0.05, 0) is 32.1 Å². The fourth-order valence-corrected chi connectivity index (χ4v) is 2.90. The van der Waals surface area contributed by atoms with E-state index in [1.54, 1.807) is 4.90 Å². The lowest BCUT2D eigenvalue weighted by molar-refractivity contribution is -0.152. The lowest BCUT2D eigenvalue weighted by Gasteiger charge is -2.40. The van der Waals surface area contributed by atoms with Crippen LogP contribution in [0.15, 0.2) is 0 Å². The summed E-state index contributed by atoms with van der Waals surface area (Å²) >= 11 is 0. The summed E-state index contributed by atoms with van der Waals surface area (Å²) < 4.78 is 5.70. The second kappa shape index (κ2) is 6.37. The fraction of sp³-hybridized carbons (Fsp3) is 0.857. The number of nitrogens with zero attached hydrogens (tertiary/aromatic N) is 1. The summed E-state index contributed by atoms with van der Waals surface area (Å²) in [4.78, 5) is 26.2. The van der Waals surface area contributed by atoms with Gasteiger partial charge in [-0.2, -0.15) is 0 Å². The van der Waals surface area contributed by atoms with Crippen LogP contribution in [0.4, 0.5) is 0 Å². The van der Waals surface area contributed by atoms with E-state index in [0.29, 0.717) is 19.4 Å². The Morgan fingerprint density at radius 3 is 2.63 bits per heavy atom. The molecule has 108 valence electrons. The third kappa shape index (κ3) is 3.08. The van der Waals surface area contributed by atoms with Crippen LogP contribution >= 0.6 is 0 Å². The molecule has 5 nitrogen and oxygen atoms in total. The van der Waals surface area contributed by atoms with E-state index < -0.39 is 0 Å². The smallest absolute Gasteiger partial charge is 0.245 e. The highest BCUT2D eigenvalue weighted by Crippen LogP contribution is 2.20. The van der Waals surface area contributed by atoms with Gasteiger partial charge < -0.3 is 15.0 Å². The van der Waals surface area contributed by atoms with Gasteiger partial charge >= 0.3 is 0 Å². The molecule has 0 aromatic rings. The van der Waals surface area contributed by atoms with E-state index in [1.165, 1.54) is 0 Å². The van der Waals surface area contributed by atoms with Crippen LogP contribution in [0.5, 0.6) is 0 Å². The van der Waals surface area contributed by atoms with Crippen molar-refractivity contribution in [2.45, 2.75) is 64.1 Å². The van der Waals surface area contributed by atoms with Crippen molar-refractivity contribution in [3.05, 3.63) is 0 Å². The molecule has 2 aliphatic rings. The Kier molecular flexibility index (Phi) is 4.80. The maximum atomic E-state index is 12.4. The predicted octanol–water partition coefficient (Wildman–Crippen LogP) is 1.07. The Labute approximate surface area is 114 Å². The van der Waals surface area contributed by atoms with Crippen molar-refractivity contribution in [2.24, 2.45) is 0 Å². The van der Waals surface area contributed by atoms with E-state index in [0.717, 1.165) is 25.9 Å². The summed E-state index contributed by atoms with van der Waals surface area (Å²) in [5, 5.41) is 2.81. The molecule has 3 atom stereocenters. The van der Waals surface area contributed by atoms with Gasteiger partial charge in [0.15, 0.2) is 0 Å². The summed E-state index contributed by atoms with van der Waals surface area (Å²) in [5.74, 6) is 0.0212. The standard InChI is InChI=1S/C14H24N2O3/c1-3-11-14(18)16(12(4-2)13(17)15-11)9-10-7-5-6-8-19-10/h10-12H,3-9H2,1-2H3,(H,15,17). The highest BCUT2D eigenvalue weighted by molar-refractivity contribution is 5.96. The van der Waals surface area contributed by atoms with Crippen LogP contribution in [0.3, 0.4) is 0 Å². The summed E-state index contributed by atoms with van der Waals surface area (Å²) in [6.07, 6.45) is 4.62. The largest absolute Gasteiger partial charge is 0.376 e. The number of hydrogen-bond acceptors (Lipinski definition) is 3. The molecule has 2 amide bonds. The molecule has 2 saturated heterocycles. The van der Waals surface area contributed by atoms with Gasteiger partial charge in [0.1, 0.15) is 12.1 Å². The molecule has 0 radical (unpaired) electrons. The third-order valence-electron chi connectivity index (χ3n) is 4.05. The molecule has 3 unspecified atom stereocenters. The fourth-order valence-electron chi connectivity index (χ4n) is 2.90. The first-order valence-electron chi connectivity index (χ1n) is 7.39. The van der Waals surface area contributed by atoms with Crippen molar-refractivity contribution >= 4 is 11.8 Å². The Morgan fingerprint density at radius 1 is 1.26 bits per heavy atom. The molecule has 0 saturated carbocycles. The number of hydrogen-bond donors (Lipinski definition) is 1. The predicted molar refractivity (Wildman–Crippen MR) is 71.6 cm³/mol. The average molecular weight is 268 g/mol. The molecule has 2 rings (SSSR count). The molecular weight excluding hydrogens is 244 g/mol. The monoisotopic (exact) mass is 268 g/mol. The minimum atomic E-state index is -0.362. The van der Waals surface area contributed by atoms with E-state index in [4.69, 9.17) is 4.74 Å². The van der Waals surface area contributed by atoms with Gasteiger partial charge in [-0.25, -0.2) is 0 Å². The molecule has 2 fully saturated rings. The number of piperazine rings is 1. The lowest BCUT2D eigenvalue weighted by Crippen LogP contribution is -2.64. The molecule has 0 bridgehead atoms. The van der Waals surface area contributed by atoms with Crippen LogP contribution < -0.4 is 5.32 Å². The van der Waals surface area contributed by atoms with Crippen LogP contribution in [0.2, 0.25) is 0 Å². The van der Waals surface area contributed by atoms with Gasteiger partial charge in [0.2, 0.25) is 11.8 Å². The first-order valence-corrected chi connectivity index (χ1v) is 7.39. The van der Waals surface area contributed by atoms with Gasteiger partial charge in [0, 0.05) is 13.2 Å². The summed E-state index contributed by atoms with van der Waals surface area (Å²) in [6.45, 7) is 5.19. The van der Waals surface area contributed by atoms with Crippen molar-refractivity contribution < 1.29 is 14.3 Å². The SMILES string of the molecule is CCC1NC(=O)C(CC)N(CC2CCCCO2)C1=O. The second-order valence-corrected chi connectivity index (χ2v) is 5.37. The van der Waals surface area contributed by atoms with E-state index in [9.17, 15) is 9.59 Å². The van der Waals surface area contributed by atoms with Gasteiger partial charge in [0.05, 0.1) is 6.10 Å². The minimum Gasteiger partial charge on any atom is -0.376 e. The molecule has 2 aliphatic heterocycles. The van der Waals surface area contributed by atoms with Gasteiger partial charge in [-0.15, -0.1) is 0 Å². The topological polar surface area (TPSA) is 58.6 Å². The molecule has 0 aliphatic carbocycles. The van der Waals surface area contributed by atoms with E-state index in [-0.39, 0.29) is 30.0 Å². The Bertz CT molecular complexity index is 340. The lowest BCUT2D eigenvalue weighted by atomic mass is 10.0. The number of carbonyl (C=O) groups is 2. The molecule has 0 aromatic carbocycles. The van der Waals surface area contributed by atoms with E-state index in [1.807, 2.05) is 13.8 Å². The van der Waals surface area contributed by atoms with E-state index in [2.05, 4.69) is 5.32 Å². The second-order valence-electron chi connectivity index (χ2n) is 5.37. The maximum absolute atomic E-state index is 12.4. The zero-order valence-corrected chi connectivity index (χ0v) is 11.9. The number of carbonyl (C=O) groups excluding carboxylic acids is 2. The van der Waals surface area contributed by atoms with Crippen LogP contribution in [-0.4, -0.2) is 48.1 Å². The molecule has 5 heteroatoms. The molecule has 1 N–H and O–H groups in total. The van der Waals surface area contributed by atoms with Crippen LogP contribution in [0.1, 0.15) is 46.0 Å². The first-order chi connectivity index (χ1) is 9.17. The molecule has 19 heavy (non-hydrogen) atoms. The quantitative estimate of drug-likeness (QED) is 0.829. The Morgan fingerprint density at radius 2 is 2.05 bits per heavy atom. The highest BCUT2D eigenvalue weighted by atomic mass is 16.5. The number of nitrogens with one attached hydrogen (secondary N) is 1. The van der Waals surface area contributed by atoms with E-state index >= 15 is 0 Å². The number of amides is 2. The van der Waals surface area contributed by atoms with Crippen molar-refractivity contribution in [3.8, 4) is 0 Å². The maximum Gasteiger partial charge on any atom is 0.245 e. The van der Waals surface area contributed by atoms with Crippen molar-refractivity contribution in [1.29, 1.82) is 0 Å². The number of rotatable bonds is 4. The molecule has 0 aromatic heterocycles. The molecular formula is C14H24N2O3. The zero-order chi connectivity index (χ0) is 13.8. The van der Waals surface area contributed by atoms with Crippen molar-refractivity contribution in [1.82, 2.24) is 10.2 Å². The molecule has 0 spiro atoms. The van der Waals surface area contributed by atoms with Gasteiger partial charge in [-0.1, -0.05) is 13.8 Å². The number of ether oxygens (including phenoxy) is 1. The van der Waals surface area contributed by atoms with Gasteiger partial charge in [0.25, 0.3) is 0 Å². The summed E-state index contributed by atoms with van der Waals surface area (Å²) in [7, 11) is 0. The minimum absolute atomic E-state index is 0.0234. The molecule has 2 heterocycles. The summed E-state index contributed by atoms with van der Waals surface area (Å²) in [6, 6.07) is -0.695. The third-order valence-corrected chi connectivity index (χ3v) is 4.05. The van der Waals surface area contributed by atoms with Gasteiger partial charge in [-0.3, -0.25) is 9.59 Å². The first kappa shape index (κ1) is 14.3. The van der Waals surface area contributed by atoms with Crippen molar-refractivity contribution in [2.75, 3.05) is 13.2 Å². The Balaban J connectivity index is 2.07. The van der Waals surface area contributed by atoms with Crippen LogP contribution in [0, 0.1) is 0 Å². The zero-order valence-electron chi connectivity index (χ0n) is 11.9. The highest BCUT2D eigenvalue weighted by Gasteiger charge is 2.39. The van der Waals surface area contributed by atoms with Crippen molar-refractivity contribution in [3.63, 3.8) is 0 Å². The van der Waals surface area contributed by atoms with Crippen LogP contribution in [-0.2, 0) is 14.3 Å². The van der Waals surface area contributed by atoms with Crippen LogP contribution in [0.25, 0.3) is 0 Å².